The molecule has 0 aromatic heterocycles. The van der Waals surface area contributed by atoms with Crippen LogP contribution in [0, 0.1) is 5.41 Å². The first-order chi connectivity index (χ1) is 20.5. The maximum absolute atomic E-state index is 14.1. The largest absolute Gasteiger partial charge is 0.497 e. The standard InChI is InChI=1S/C32H45BN4O6/c1-32(2,3)18-30(38)37(20-23-7-6-8-26(15-23)41-5)25-17-27(31(39)34-11-13-36(14-12-34)33(4)40)35(21-25)19-24-9-10-28-29(16-24)43-22-42-28/h6-10,15-16,25,27,40H,11-14,17-22H2,1-5H3/t25-,27+/m1/s1. The molecule has 2 fully saturated rings. The Kier molecular flexibility index (Phi) is 9.53. The molecular weight excluding hydrogens is 547 g/mol. The fourth-order valence-electron chi connectivity index (χ4n) is 6.28. The molecule has 3 aliphatic heterocycles. The van der Waals surface area contributed by atoms with Crippen LogP contribution >= 0.6 is 0 Å². The predicted molar refractivity (Wildman–Crippen MR) is 165 cm³/mol. The lowest BCUT2D eigenvalue weighted by molar-refractivity contribution is -0.138. The van der Waals surface area contributed by atoms with Crippen molar-refractivity contribution in [3.8, 4) is 17.2 Å². The van der Waals surface area contributed by atoms with E-state index in [9.17, 15) is 14.6 Å². The van der Waals surface area contributed by atoms with Gasteiger partial charge in [0.25, 0.3) is 0 Å². The summed E-state index contributed by atoms with van der Waals surface area (Å²) in [5.41, 5.74) is 1.85. The Balaban J connectivity index is 1.41. The highest BCUT2D eigenvalue weighted by molar-refractivity contribution is 6.45. The van der Waals surface area contributed by atoms with E-state index in [-0.39, 0.29) is 36.1 Å². The van der Waals surface area contributed by atoms with Crippen LogP contribution in [0.5, 0.6) is 17.2 Å². The Morgan fingerprint density at radius 1 is 1.05 bits per heavy atom. The Hall–Kier alpha value is -3.28. The highest BCUT2D eigenvalue weighted by atomic mass is 16.7. The number of nitrogens with zero attached hydrogens (tertiary/aromatic N) is 4. The van der Waals surface area contributed by atoms with Gasteiger partial charge >= 0.3 is 7.05 Å². The van der Waals surface area contributed by atoms with E-state index in [4.69, 9.17) is 14.2 Å². The maximum Gasteiger partial charge on any atom is 0.376 e. The molecule has 1 N–H and O–H groups in total. The van der Waals surface area contributed by atoms with Crippen molar-refractivity contribution in [1.82, 2.24) is 19.5 Å². The fourth-order valence-corrected chi connectivity index (χ4v) is 6.28. The summed E-state index contributed by atoms with van der Waals surface area (Å²) in [6, 6.07) is 13.2. The Morgan fingerprint density at radius 3 is 2.49 bits per heavy atom. The summed E-state index contributed by atoms with van der Waals surface area (Å²) in [5.74, 6) is 2.36. The number of rotatable bonds is 9. The lowest BCUT2D eigenvalue weighted by Gasteiger charge is -2.37. The summed E-state index contributed by atoms with van der Waals surface area (Å²) >= 11 is 0. The number of benzene rings is 2. The maximum atomic E-state index is 14.1. The number of piperazine rings is 1. The van der Waals surface area contributed by atoms with Crippen LogP contribution in [-0.4, -0.2) is 102 Å². The van der Waals surface area contributed by atoms with Gasteiger partial charge in [0.15, 0.2) is 11.5 Å². The van der Waals surface area contributed by atoms with E-state index in [1.54, 1.807) is 13.9 Å². The van der Waals surface area contributed by atoms with E-state index in [2.05, 4.69) is 25.7 Å². The molecule has 0 radical (unpaired) electrons. The minimum absolute atomic E-state index is 0.0816. The van der Waals surface area contributed by atoms with E-state index in [0.717, 1.165) is 22.6 Å². The zero-order valence-electron chi connectivity index (χ0n) is 26.1. The van der Waals surface area contributed by atoms with Gasteiger partial charge in [0.2, 0.25) is 18.6 Å². The third-order valence-electron chi connectivity index (χ3n) is 8.57. The molecule has 0 spiro atoms. The summed E-state index contributed by atoms with van der Waals surface area (Å²) in [5, 5.41) is 10.0. The molecule has 3 aliphatic rings. The van der Waals surface area contributed by atoms with E-state index in [1.807, 2.05) is 57.1 Å². The van der Waals surface area contributed by atoms with Crippen LogP contribution in [0.15, 0.2) is 42.5 Å². The number of carbonyl (C=O) groups excluding carboxylic acids is 2. The molecule has 232 valence electrons. The van der Waals surface area contributed by atoms with Gasteiger partial charge in [-0.1, -0.05) is 39.0 Å². The minimum Gasteiger partial charge on any atom is -0.497 e. The van der Waals surface area contributed by atoms with Gasteiger partial charge < -0.3 is 33.8 Å². The van der Waals surface area contributed by atoms with Crippen molar-refractivity contribution < 1.29 is 28.8 Å². The molecule has 43 heavy (non-hydrogen) atoms. The van der Waals surface area contributed by atoms with Crippen molar-refractivity contribution in [3.63, 3.8) is 0 Å². The third kappa shape index (κ3) is 7.63. The van der Waals surface area contributed by atoms with Crippen molar-refractivity contribution in [3.05, 3.63) is 53.6 Å². The summed E-state index contributed by atoms with van der Waals surface area (Å²) in [7, 11) is 1.11. The summed E-state index contributed by atoms with van der Waals surface area (Å²) < 4.78 is 16.6. The second-order valence-electron chi connectivity index (χ2n) is 13.1. The number of amides is 2. The molecule has 0 bridgehead atoms. The molecule has 2 aromatic rings. The average molecular weight is 593 g/mol. The van der Waals surface area contributed by atoms with Gasteiger partial charge in [-0.25, -0.2) is 0 Å². The summed E-state index contributed by atoms with van der Waals surface area (Å²) in [6.07, 6.45) is 0.968. The number of carbonyl (C=O) groups is 2. The predicted octanol–water partition coefficient (Wildman–Crippen LogP) is 3.09. The normalized spacial score (nSPS) is 20.7. The topological polar surface area (TPSA) is 95.0 Å². The number of hydrogen-bond acceptors (Lipinski definition) is 8. The SMILES string of the molecule is COc1cccc(CN(C(=O)CC(C)(C)C)[C@@H]2C[C@@H](C(=O)N3CCN(B(C)O)CC3)N(Cc3ccc4c(c3)OCO4)C2)c1. The fraction of sp³-hybridized carbons (Fsp3) is 0.562. The molecule has 5 rings (SSSR count). The second-order valence-corrected chi connectivity index (χ2v) is 13.1. The van der Waals surface area contributed by atoms with Gasteiger partial charge in [-0.15, -0.1) is 0 Å². The molecule has 3 heterocycles. The van der Waals surface area contributed by atoms with Gasteiger partial charge in [0, 0.05) is 58.3 Å². The number of hydrogen-bond donors (Lipinski definition) is 1. The van der Waals surface area contributed by atoms with Crippen LogP contribution in [-0.2, 0) is 22.7 Å². The van der Waals surface area contributed by atoms with Crippen LogP contribution in [0.2, 0.25) is 6.82 Å². The molecule has 11 heteroatoms. The number of methoxy groups -OCH3 is 1. The Morgan fingerprint density at radius 2 is 1.79 bits per heavy atom. The second kappa shape index (κ2) is 13.2. The monoisotopic (exact) mass is 592 g/mol. The quantitative estimate of drug-likeness (QED) is 0.445. The van der Waals surface area contributed by atoms with Crippen LogP contribution in [0.25, 0.3) is 0 Å². The zero-order chi connectivity index (χ0) is 30.7. The third-order valence-corrected chi connectivity index (χ3v) is 8.57. The van der Waals surface area contributed by atoms with Crippen molar-refractivity contribution in [2.75, 3.05) is 46.6 Å². The van der Waals surface area contributed by atoms with Crippen molar-refractivity contribution >= 4 is 18.9 Å². The van der Waals surface area contributed by atoms with Gasteiger partial charge in [-0.3, -0.25) is 14.5 Å². The molecule has 2 aromatic carbocycles. The summed E-state index contributed by atoms with van der Waals surface area (Å²) in [4.78, 5) is 36.1. The van der Waals surface area contributed by atoms with Gasteiger partial charge in [0.1, 0.15) is 5.75 Å². The van der Waals surface area contributed by atoms with Crippen LogP contribution < -0.4 is 14.2 Å². The molecule has 10 nitrogen and oxygen atoms in total. The van der Waals surface area contributed by atoms with Crippen LogP contribution in [0.4, 0.5) is 0 Å². The van der Waals surface area contributed by atoms with E-state index < -0.39 is 7.05 Å². The van der Waals surface area contributed by atoms with Crippen molar-refractivity contribution in [2.24, 2.45) is 5.41 Å². The molecule has 0 saturated carbocycles. The minimum atomic E-state index is -0.533. The van der Waals surface area contributed by atoms with Gasteiger partial charge in [0.05, 0.1) is 13.2 Å². The highest BCUT2D eigenvalue weighted by Gasteiger charge is 2.43. The highest BCUT2D eigenvalue weighted by Crippen LogP contribution is 2.35. The lowest BCUT2D eigenvalue weighted by atomic mass is 9.84. The van der Waals surface area contributed by atoms with Gasteiger partial charge in [-0.05, 0) is 54.1 Å². The smallest absolute Gasteiger partial charge is 0.376 e. The average Bonchev–Trinajstić information content (AvgIpc) is 3.61. The first-order valence-electron chi connectivity index (χ1n) is 15.3. The van der Waals surface area contributed by atoms with E-state index >= 15 is 0 Å². The summed E-state index contributed by atoms with van der Waals surface area (Å²) in [6.45, 7) is 12.2. The molecule has 2 atom stereocenters. The van der Waals surface area contributed by atoms with Crippen molar-refractivity contribution in [1.29, 1.82) is 0 Å². The Bertz CT molecular complexity index is 1290. The number of fused-ring (bicyclic) bond motifs is 1. The zero-order valence-corrected chi connectivity index (χ0v) is 26.1. The number of likely N-dealkylation sites (tertiary alicyclic amines) is 1. The van der Waals surface area contributed by atoms with Gasteiger partial charge in [-0.2, -0.15) is 0 Å². The molecule has 2 amide bonds. The molecular formula is C32H45BN4O6. The first kappa shape index (κ1) is 31.2. The van der Waals surface area contributed by atoms with Crippen LogP contribution in [0.3, 0.4) is 0 Å². The molecule has 0 aliphatic carbocycles. The Labute approximate surface area is 255 Å². The van der Waals surface area contributed by atoms with E-state index in [1.165, 1.54) is 0 Å². The molecule has 2 saturated heterocycles. The van der Waals surface area contributed by atoms with Crippen molar-refractivity contribution in [2.45, 2.75) is 65.6 Å². The number of ether oxygens (including phenoxy) is 3. The van der Waals surface area contributed by atoms with Crippen LogP contribution in [0.1, 0.15) is 44.7 Å². The molecule has 0 unspecified atom stereocenters. The lowest BCUT2D eigenvalue weighted by Crippen LogP contribution is -2.56. The first-order valence-corrected chi connectivity index (χ1v) is 15.3. The van der Waals surface area contributed by atoms with E-state index in [0.29, 0.717) is 64.4 Å².